The van der Waals surface area contributed by atoms with Gasteiger partial charge in [0.1, 0.15) is 0 Å². The van der Waals surface area contributed by atoms with Crippen molar-refractivity contribution < 1.29 is 0 Å². The minimum atomic E-state index is 0.392. The molecule has 0 bridgehead atoms. The number of halogens is 1. The van der Waals surface area contributed by atoms with Gasteiger partial charge in [-0.2, -0.15) is 5.10 Å². The van der Waals surface area contributed by atoms with Crippen LogP contribution in [0.25, 0.3) is 0 Å². The third-order valence-electron chi connectivity index (χ3n) is 5.08. The highest BCUT2D eigenvalue weighted by molar-refractivity contribution is 6.20. The van der Waals surface area contributed by atoms with Gasteiger partial charge in [0.2, 0.25) is 0 Å². The molecule has 20 heavy (non-hydrogen) atoms. The summed E-state index contributed by atoms with van der Waals surface area (Å²) in [6.07, 6.45) is 16.5. The summed E-state index contributed by atoms with van der Waals surface area (Å²) in [5.74, 6) is 0.745. The summed E-state index contributed by atoms with van der Waals surface area (Å²) >= 11 is 6.38. The molecule has 2 aliphatic carbocycles. The molecule has 0 N–H and O–H groups in total. The fraction of sp³-hybridized carbons (Fsp3) is 0.824. The number of nitrogens with zero attached hydrogens (tertiary/aromatic N) is 2. The quantitative estimate of drug-likeness (QED) is 0.559. The zero-order valence-corrected chi connectivity index (χ0v) is 13.2. The Labute approximate surface area is 127 Å². The van der Waals surface area contributed by atoms with Gasteiger partial charge in [0.05, 0.1) is 11.7 Å². The van der Waals surface area contributed by atoms with E-state index in [1.807, 2.05) is 0 Å². The smallest absolute Gasteiger partial charge is 0.0627 e. The Morgan fingerprint density at radius 2 is 1.80 bits per heavy atom. The summed E-state index contributed by atoms with van der Waals surface area (Å²) in [5, 5.41) is 5.25. The van der Waals surface area contributed by atoms with Gasteiger partial charge >= 0.3 is 0 Å². The zero-order valence-electron chi connectivity index (χ0n) is 12.4. The minimum Gasteiger partial charge on any atom is -0.269 e. The van der Waals surface area contributed by atoms with Crippen molar-refractivity contribution in [2.75, 3.05) is 0 Å². The van der Waals surface area contributed by atoms with Crippen molar-refractivity contribution in [3.8, 4) is 0 Å². The number of hydrogen-bond donors (Lipinski definition) is 0. The predicted molar refractivity (Wildman–Crippen MR) is 84.3 cm³/mol. The Balaban J connectivity index is 1.58. The van der Waals surface area contributed by atoms with Gasteiger partial charge in [-0.15, -0.1) is 11.6 Å². The van der Waals surface area contributed by atoms with E-state index in [1.54, 1.807) is 0 Å². The topological polar surface area (TPSA) is 17.8 Å². The maximum absolute atomic E-state index is 6.38. The summed E-state index contributed by atoms with van der Waals surface area (Å²) in [6.45, 7) is 0. The lowest BCUT2D eigenvalue weighted by molar-refractivity contribution is 0.326. The zero-order chi connectivity index (χ0) is 13.8. The van der Waals surface area contributed by atoms with Crippen molar-refractivity contribution in [2.45, 2.75) is 82.0 Å². The van der Waals surface area contributed by atoms with Crippen LogP contribution in [0.5, 0.6) is 0 Å². The van der Waals surface area contributed by atoms with Gasteiger partial charge in [-0.05, 0) is 44.1 Å². The second-order valence-corrected chi connectivity index (χ2v) is 7.38. The van der Waals surface area contributed by atoms with Gasteiger partial charge in [0, 0.05) is 11.6 Å². The Bertz CT molecular complexity index is 409. The molecule has 1 aromatic heterocycles. The molecule has 2 nitrogen and oxygen atoms in total. The molecule has 0 aliphatic heterocycles. The standard InChI is InChI=1S/C17H27ClN2/c18-15-7-5-4-6-14(12-15)13-16-10-11-20(19-16)17-8-2-1-3-9-17/h10-11,14-15,17H,1-9,12-13H2. The number of aromatic nitrogens is 2. The van der Waals surface area contributed by atoms with E-state index in [0.717, 1.165) is 12.3 Å². The third kappa shape index (κ3) is 3.78. The first-order valence-electron chi connectivity index (χ1n) is 8.49. The van der Waals surface area contributed by atoms with E-state index in [-0.39, 0.29) is 0 Å². The summed E-state index contributed by atoms with van der Waals surface area (Å²) in [4.78, 5) is 0. The van der Waals surface area contributed by atoms with Gasteiger partial charge in [-0.1, -0.05) is 38.5 Å². The molecule has 1 heterocycles. The molecule has 3 heteroatoms. The first-order valence-corrected chi connectivity index (χ1v) is 8.93. The van der Waals surface area contributed by atoms with Crippen LogP contribution in [0.1, 0.15) is 75.9 Å². The van der Waals surface area contributed by atoms with Crippen LogP contribution in [0.4, 0.5) is 0 Å². The lowest BCUT2D eigenvalue weighted by atomic mass is 9.95. The van der Waals surface area contributed by atoms with Crippen LogP contribution in [0.3, 0.4) is 0 Å². The highest BCUT2D eigenvalue weighted by Crippen LogP contribution is 2.30. The molecular weight excluding hydrogens is 268 g/mol. The fourth-order valence-electron chi connectivity index (χ4n) is 3.91. The minimum absolute atomic E-state index is 0.392. The predicted octanol–water partition coefficient (Wildman–Crippen LogP) is 5.12. The van der Waals surface area contributed by atoms with E-state index in [4.69, 9.17) is 16.7 Å². The lowest BCUT2D eigenvalue weighted by Gasteiger charge is -2.22. The van der Waals surface area contributed by atoms with Gasteiger partial charge in [0.15, 0.2) is 0 Å². The molecule has 0 aromatic carbocycles. The highest BCUT2D eigenvalue weighted by atomic mass is 35.5. The van der Waals surface area contributed by atoms with E-state index in [9.17, 15) is 0 Å². The maximum atomic E-state index is 6.38. The molecule has 3 rings (SSSR count). The van der Waals surface area contributed by atoms with Gasteiger partial charge < -0.3 is 0 Å². The Morgan fingerprint density at radius 1 is 1.05 bits per heavy atom. The second kappa shape index (κ2) is 6.98. The Hall–Kier alpha value is -0.500. The van der Waals surface area contributed by atoms with Gasteiger partial charge in [-0.25, -0.2) is 0 Å². The molecule has 112 valence electrons. The van der Waals surface area contributed by atoms with Crippen LogP contribution >= 0.6 is 11.6 Å². The third-order valence-corrected chi connectivity index (χ3v) is 5.48. The van der Waals surface area contributed by atoms with Crippen molar-refractivity contribution in [2.24, 2.45) is 5.92 Å². The number of rotatable bonds is 3. The Kier molecular flexibility index (Phi) is 5.04. The van der Waals surface area contributed by atoms with Crippen LogP contribution in [-0.2, 0) is 6.42 Å². The largest absolute Gasteiger partial charge is 0.269 e. The molecule has 1 aromatic rings. The van der Waals surface area contributed by atoms with E-state index in [0.29, 0.717) is 11.4 Å². The molecule has 0 spiro atoms. The Morgan fingerprint density at radius 3 is 2.65 bits per heavy atom. The summed E-state index contributed by atoms with van der Waals surface area (Å²) in [5.41, 5.74) is 1.28. The van der Waals surface area contributed by atoms with Crippen LogP contribution in [0, 0.1) is 5.92 Å². The normalized spacial score (nSPS) is 29.2. The molecule has 2 atom stereocenters. The van der Waals surface area contributed by atoms with E-state index >= 15 is 0 Å². The van der Waals surface area contributed by atoms with Crippen molar-refractivity contribution in [1.29, 1.82) is 0 Å². The average molecular weight is 295 g/mol. The fourth-order valence-corrected chi connectivity index (χ4v) is 4.32. The van der Waals surface area contributed by atoms with Crippen LogP contribution in [0.2, 0.25) is 0 Å². The first kappa shape index (κ1) is 14.4. The van der Waals surface area contributed by atoms with Crippen LogP contribution in [0.15, 0.2) is 12.3 Å². The summed E-state index contributed by atoms with van der Waals surface area (Å²) < 4.78 is 2.24. The lowest BCUT2D eigenvalue weighted by Crippen LogP contribution is -2.14. The van der Waals surface area contributed by atoms with E-state index in [2.05, 4.69) is 16.9 Å². The molecule has 2 unspecified atom stereocenters. The van der Waals surface area contributed by atoms with Crippen molar-refractivity contribution >= 4 is 11.6 Å². The molecule has 0 saturated heterocycles. The highest BCUT2D eigenvalue weighted by Gasteiger charge is 2.21. The average Bonchev–Trinajstić information content (AvgIpc) is 2.83. The number of alkyl halides is 1. The monoisotopic (exact) mass is 294 g/mol. The molecule has 2 fully saturated rings. The van der Waals surface area contributed by atoms with E-state index < -0.39 is 0 Å². The van der Waals surface area contributed by atoms with E-state index in [1.165, 1.54) is 69.9 Å². The molecular formula is C17H27ClN2. The van der Waals surface area contributed by atoms with Crippen molar-refractivity contribution in [3.63, 3.8) is 0 Å². The van der Waals surface area contributed by atoms with Gasteiger partial charge in [-0.3, -0.25) is 4.68 Å². The van der Waals surface area contributed by atoms with Gasteiger partial charge in [0.25, 0.3) is 0 Å². The van der Waals surface area contributed by atoms with Crippen LogP contribution < -0.4 is 0 Å². The maximum Gasteiger partial charge on any atom is 0.0627 e. The summed E-state index contributed by atoms with van der Waals surface area (Å²) in [7, 11) is 0. The molecule has 0 radical (unpaired) electrons. The van der Waals surface area contributed by atoms with Crippen molar-refractivity contribution in [1.82, 2.24) is 9.78 Å². The van der Waals surface area contributed by atoms with Crippen molar-refractivity contribution in [3.05, 3.63) is 18.0 Å². The SMILES string of the molecule is ClC1CCCCC(Cc2ccn(C3CCCCC3)n2)C1. The summed E-state index contributed by atoms with van der Waals surface area (Å²) in [6, 6.07) is 2.90. The first-order chi connectivity index (χ1) is 9.81. The molecule has 0 amide bonds. The molecule has 2 saturated carbocycles. The number of hydrogen-bond acceptors (Lipinski definition) is 1. The van der Waals surface area contributed by atoms with Crippen LogP contribution in [-0.4, -0.2) is 15.2 Å². The second-order valence-electron chi connectivity index (χ2n) is 6.77. The molecule has 2 aliphatic rings.